The molecule has 1 saturated heterocycles. The number of cyclic esters (lactones) is 1. The fourth-order valence-electron chi connectivity index (χ4n) is 6.37. The van der Waals surface area contributed by atoms with E-state index in [9.17, 15) is 33.6 Å². The molecule has 0 aromatic heterocycles. The van der Waals surface area contributed by atoms with E-state index in [-0.39, 0.29) is 54.7 Å². The lowest BCUT2D eigenvalue weighted by molar-refractivity contribution is -0.162. The number of ether oxygens (including phenoxy) is 1. The summed E-state index contributed by atoms with van der Waals surface area (Å²) in [5.41, 5.74) is 0. The van der Waals surface area contributed by atoms with Gasteiger partial charge in [0, 0.05) is 44.9 Å². The van der Waals surface area contributed by atoms with E-state index in [2.05, 4.69) is 0 Å². The molecule has 28 heteroatoms. The first-order valence-electron chi connectivity index (χ1n) is 28.0. The Balaban J connectivity index is -0.000000164. The summed E-state index contributed by atoms with van der Waals surface area (Å²) >= 11 is 0. The number of ketones is 6. The molecule has 0 radical (unpaired) electrons. The summed E-state index contributed by atoms with van der Waals surface area (Å²) in [5.74, 6) is 0.137. The van der Waals surface area contributed by atoms with Gasteiger partial charge in [-0.2, -0.15) is 0 Å². The SMILES string of the molecule is C.CC(=O)CCC[C@H](O)[C@H](O)CO.CC(=O)CCC[C@H](O)[C@H](O)CO.CC(=O)CCC[C@H](O)[C@H](O)CO.CC(=O)CCC[C@H](O)[C@H](O)CO.CC(=O)CCC[C@H](O)[C@H](O)CO.CC(=O)CCC[C@H](O)[C@H](O)CO.O=C1CCC[C@@H]([C@H](O)CO)O1. The lowest BCUT2D eigenvalue weighted by atomic mass is 10.0. The van der Waals surface area contributed by atoms with Crippen LogP contribution in [0.2, 0.25) is 0 Å². The monoisotopic (exact) mass is 1230 g/mol. The number of carbonyl (C=O) groups is 7. The Bertz CT molecular complexity index is 1340. The first-order valence-corrected chi connectivity index (χ1v) is 28.0. The van der Waals surface area contributed by atoms with Crippen LogP contribution in [0, 0.1) is 0 Å². The maximum Gasteiger partial charge on any atom is 0.306 e. The molecule has 1 fully saturated rings. The van der Waals surface area contributed by atoms with Crippen LogP contribution < -0.4 is 0 Å². The molecule has 1 heterocycles. The van der Waals surface area contributed by atoms with Crippen molar-refractivity contribution in [2.75, 3.05) is 46.2 Å². The van der Waals surface area contributed by atoms with Gasteiger partial charge >= 0.3 is 5.97 Å². The highest BCUT2D eigenvalue weighted by Gasteiger charge is 2.26. The third-order valence-electron chi connectivity index (χ3n) is 11.7. The molecule has 0 spiro atoms. The van der Waals surface area contributed by atoms with Gasteiger partial charge < -0.3 is 136 Å². The predicted molar refractivity (Wildman–Crippen MR) is 305 cm³/mol. The highest BCUT2D eigenvalue weighted by Crippen LogP contribution is 2.17. The van der Waals surface area contributed by atoms with Crippen LogP contribution in [0.1, 0.15) is 184 Å². The van der Waals surface area contributed by atoms with Crippen LogP contribution in [-0.4, -0.2) is 275 Å². The fraction of sp³-hybridized carbons (Fsp3) is 0.875. The summed E-state index contributed by atoms with van der Waals surface area (Å²) < 4.78 is 4.79. The maximum atomic E-state index is 10.7. The van der Waals surface area contributed by atoms with Crippen molar-refractivity contribution in [3.63, 3.8) is 0 Å². The van der Waals surface area contributed by atoms with Crippen LogP contribution in [-0.2, 0) is 38.3 Å². The van der Waals surface area contributed by atoms with Gasteiger partial charge in [-0.1, -0.05) is 7.43 Å². The molecule has 14 atom stereocenters. The van der Waals surface area contributed by atoms with Crippen molar-refractivity contribution in [1.29, 1.82) is 0 Å². The van der Waals surface area contributed by atoms with E-state index in [4.69, 9.17) is 107 Å². The second kappa shape index (κ2) is 62.7. The fourth-order valence-corrected chi connectivity index (χ4v) is 6.37. The van der Waals surface area contributed by atoms with Crippen molar-refractivity contribution in [2.45, 2.75) is 269 Å². The van der Waals surface area contributed by atoms with Gasteiger partial charge in [0.25, 0.3) is 0 Å². The summed E-state index contributed by atoms with van der Waals surface area (Å²) in [4.78, 5) is 73.5. The van der Waals surface area contributed by atoms with Crippen LogP contribution in [0.25, 0.3) is 0 Å². The average Bonchev–Trinajstić information content (AvgIpc) is 3.44. The smallest absolute Gasteiger partial charge is 0.306 e. The molecule has 504 valence electrons. The number of hydrogen-bond donors (Lipinski definition) is 20. The zero-order valence-corrected chi connectivity index (χ0v) is 49.6. The van der Waals surface area contributed by atoms with Crippen molar-refractivity contribution in [2.24, 2.45) is 0 Å². The Kier molecular flexibility index (Phi) is 70.5. The molecule has 0 aromatic rings. The summed E-state index contributed by atoms with van der Waals surface area (Å²) in [5, 5.41) is 176. The number of esters is 1. The Morgan fingerprint density at radius 1 is 0.345 bits per heavy atom. The molecule has 1 aliphatic rings. The number of aliphatic hydroxyl groups is 20. The molecule has 0 aliphatic carbocycles. The molecule has 1 aliphatic heterocycles. The standard InChI is InChI=1S/6C8H16O4.C7H12O4.CH4/c6*1-6(10)3-2-4-7(11)8(12)5-9;8-4-5(9)6-2-1-3-7(10)11-6;/h6*7-9,11-12H,2-5H2,1H3;5-6,8-9H,1-4H2;1H4/t6*7-,8+;5-,6+;/m0000001./s1. The van der Waals surface area contributed by atoms with Crippen LogP contribution >= 0.6 is 0 Å². The van der Waals surface area contributed by atoms with E-state index < -0.39 is 125 Å². The molecule has 0 unspecified atom stereocenters. The normalized spacial score (nSPS) is 17.1. The lowest BCUT2D eigenvalue weighted by Gasteiger charge is -2.25. The second-order valence-corrected chi connectivity index (χ2v) is 20.1. The molecule has 84 heavy (non-hydrogen) atoms. The van der Waals surface area contributed by atoms with E-state index in [1.54, 1.807) is 0 Å². The molecule has 0 saturated carbocycles. The van der Waals surface area contributed by atoms with Gasteiger partial charge in [-0.3, -0.25) is 4.79 Å². The average molecular weight is 1230 g/mol. The van der Waals surface area contributed by atoms with Gasteiger partial charge in [0.2, 0.25) is 0 Å². The van der Waals surface area contributed by atoms with Crippen LogP contribution in [0.3, 0.4) is 0 Å². The van der Waals surface area contributed by atoms with E-state index in [1.807, 2.05) is 0 Å². The summed E-state index contributed by atoms with van der Waals surface area (Å²) in [7, 11) is 0. The van der Waals surface area contributed by atoms with Crippen molar-refractivity contribution in [1.82, 2.24) is 0 Å². The van der Waals surface area contributed by atoms with Gasteiger partial charge in [0.05, 0.1) is 82.9 Å². The molecule has 0 aromatic carbocycles. The first-order chi connectivity index (χ1) is 38.7. The van der Waals surface area contributed by atoms with Crippen molar-refractivity contribution < 1.29 is 140 Å². The second-order valence-electron chi connectivity index (χ2n) is 20.1. The molecular formula is C56H112O28. The molecular weight excluding hydrogens is 1120 g/mol. The first kappa shape index (κ1) is 94.4. The third kappa shape index (κ3) is 66.2. The van der Waals surface area contributed by atoms with Gasteiger partial charge in [-0.15, -0.1) is 0 Å². The minimum Gasteiger partial charge on any atom is -0.460 e. The Morgan fingerprint density at radius 2 is 0.524 bits per heavy atom. The Hall–Kier alpha value is -3.31. The van der Waals surface area contributed by atoms with Crippen molar-refractivity contribution in [3.05, 3.63) is 0 Å². The molecule has 20 N–H and O–H groups in total. The lowest BCUT2D eigenvalue weighted by Crippen LogP contribution is -2.36. The molecule has 28 nitrogen and oxygen atoms in total. The Labute approximate surface area is 495 Å². The Morgan fingerprint density at radius 3 is 0.655 bits per heavy atom. The zero-order chi connectivity index (χ0) is 65.6. The number of rotatable bonds is 38. The van der Waals surface area contributed by atoms with E-state index in [0.29, 0.717) is 128 Å². The topological polar surface area (TPSA) is 533 Å². The summed E-state index contributed by atoms with van der Waals surface area (Å²) in [6.07, 6.45) is -3.80. The van der Waals surface area contributed by atoms with Crippen LogP contribution in [0.15, 0.2) is 0 Å². The largest absolute Gasteiger partial charge is 0.460 e. The van der Waals surface area contributed by atoms with Crippen molar-refractivity contribution in [3.8, 4) is 0 Å². The highest BCUT2D eigenvalue weighted by molar-refractivity contribution is 5.77. The third-order valence-corrected chi connectivity index (χ3v) is 11.7. The van der Waals surface area contributed by atoms with Gasteiger partial charge in [0.15, 0.2) is 0 Å². The van der Waals surface area contributed by atoms with E-state index >= 15 is 0 Å². The highest BCUT2D eigenvalue weighted by atomic mass is 16.6. The van der Waals surface area contributed by atoms with Crippen LogP contribution in [0.5, 0.6) is 0 Å². The van der Waals surface area contributed by atoms with E-state index in [1.165, 1.54) is 41.5 Å². The maximum absolute atomic E-state index is 10.7. The zero-order valence-electron chi connectivity index (χ0n) is 49.6. The molecule has 0 bridgehead atoms. The number of carbonyl (C=O) groups excluding carboxylic acids is 7. The minimum absolute atomic E-state index is 0. The number of Topliss-reactive ketones (excluding diaryl/α,β-unsaturated/α-hetero) is 6. The molecule has 1 rings (SSSR count). The summed E-state index contributed by atoms with van der Waals surface area (Å²) in [6.45, 7) is 5.88. The quantitative estimate of drug-likeness (QED) is 0.0271. The molecule has 0 amide bonds. The number of aliphatic hydroxyl groups excluding tert-OH is 20. The van der Waals surface area contributed by atoms with Gasteiger partial charge in [-0.05, 0) is 131 Å². The predicted octanol–water partition coefficient (Wildman–Crippen LogP) is -3.17. The minimum atomic E-state index is -1.09. The van der Waals surface area contributed by atoms with Crippen LogP contribution in [0.4, 0.5) is 0 Å². The van der Waals surface area contributed by atoms with Crippen molar-refractivity contribution >= 4 is 40.7 Å². The van der Waals surface area contributed by atoms with E-state index in [0.717, 1.165) is 6.42 Å². The summed E-state index contributed by atoms with van der Waals surface area (Å²) in [6, 6.07) is 0. The van der Waals surface area contributed by atoms with Gasteiger partial charge in [-0.25, -0.2) is 0 Å². The van der Waals surface area contributed by atoms with Gasteiger partial charge in [0.1, 0.15) is 83.5 Å². The number of hydrogen-bond acceptors (Lipinski definition) is 28.